The van der Waals surface area contributed by atoms with Crippen LogP contribution in [0.25, 0.3) is 0 Å². The topological polar surface area (TPSA) is 122 Å². The van der Waals surface area contributed by atoms with E-state index in [4.69, 9.17) is 14.8 Å². The quantitative estimate of drug-likeness (QED) is 0.122. The Kier molecular flexibility index (Phi) is 16.5. The summed E-state index contributed by atoms with van der Waals surface area (Å²) in [7, 11) is 1.58. The Bertz CT molecular complexity index is 487. The maximum absolute atomic E-state index is 11.9. The van der Waals surface area contributed by atoms with Gasteiger partial charge < -0.3 is 25.3 Å². The fourth-order valence-corrected chi connectivity index (χ4v) is 3.92. The molecule has 0 aliphatic rings. The highest BCUT2D eigenvalue weighted by Crippen LogP contribution is 2.43. The fraction of sp³-hybridized carbons (Fsp3) is 1.00. The maximum Gasteiger partial charge on any atom is 0.472 e. The molecule has 0 saturated heterocycles. The minimum Gasteiger partial charge on any atom is -0.390 e. The van der Waals surface area contributed by atoms with Gasteiger partial charge in [-0.05, 0) is 12.3 Å². The van der Waals surface area contributed by atoms with Crippen LogP contribution in [0.5, 0.6) is 0 Å². The van der Waals surface area contributed by atoms with Gasteiger partial charge in [0.1, 0.15) is 13.2 Å². The summed E-state index contributed by atoms with van der Waals surface area (Å²) in [6.07, 6.45) is 8.88. The molecule has 188 valence electrons. The molecule has 0 aromatic rings. The zero-order valence-corrected chi connectivity index (χ0v) is 21.4. The molecule has 0 aromatic carbocycles. The Morgan fingerprint density at radius 1 is 0.871 bits per heavy atom. The Morgan fingerprint density at radius 2 is 1.35 bits per heavy atom. The van der Waals surface area contributed by atoms with Crippen LogP contribution in [0.4, 0.5) is 0 Å². The Morgan fingerprint density at radius 3 is 1.84 bits per heavy atom. The molecule has 0 aromatic heterocycles. The monoisotopic (exact) mass is 469 g/mol. The largest absolute Gasteiger partial charge is 0.472 e. The van der Waals surface area contributed by atoms with Crippen molar-refractivity contribution in [3.63, 3.8) is 0 Å². The van der Waals surface area contributed by atoms with E-state index in [1.165, 1.54) is 38.5 Å². The zero-order chi connectivity index (χ0) is 23.9. The number of aliphatic hydroxyl groups is 2. The minimum atomic E-state index is -4.23. The van der Waals surface area contributed by atoms with E-state index in [0.29, 0.717) is 17.4 Å². The highest BCUT2D eigenvalue weighted by atomic mass is 31.2. The second-order valence-corrected chi connectivity index (χ2v) is 11.6. The van der Waals surface area contributed by atoms with Crippen LogP contribution in [0.15, 0.2) is 0 Å². The van der Waals surface area contributed by atoms with E-state index in [1.807, 2.05) is 21.1 Å². The van der Waals surface area contributed by atoms with Gasteiger partial charge in [-0.15, -0.1) is 0 Å². The number of phosphoric acid groups is 1. The predicted octanol–water partition coefficient (Wildman–Crippen LogP) is 3.43. The zero-order valence-electron chi connectivity index (χ0n) is 20.5. The minimum absolute atomic E-state index is 0.0651. The summed E-state index contributed by atoms with van der Waals surface area (Å²) in [6, 6.07) is -0.969. The first-order valence-electron chi connectivity index (χ1n) is 11.9. The molecule has 0 radical (unpaired) electrons. The molecule has 31 heavy (non-hydrogen) atoms. The lowest BCUT2D eigenvalue weighted by molar-refractivity contribution is -0.870. The Balaban J connectivity index is 3.86. The van der Waals surface area contributed by atoms with E-state index in [1.54, 1.807) is 0 Å². The van der Waals surface area contributed by atoms with E-state index in [2.05, 4.69) is 13.8 Å². The number of phosphoric ester groups is 1. The van der Waals surface area contributed by atoms with Gasteiger partial charge in [0.15, 0.2) is 0 Å². The standard InChI is InChI=1S/C22H49N2O6P/c1-19(2)14-12-10-8-6-7-9-11-13-15-21(25)22(26)20(23)18-30-31(27,28)29-17-16-24(3,4)5/h19-22,25-26H,6-18,23H2,1-5H3/p+1/t20-,21+,22-/m0/s1. The molecule has 0 bridgehead atoms. The van der Waals surface area contributed by atoms with Crippen LogP contribution in [0, 0.1) is 5.92 Å². The third kappa shape index (κ3) is 19.2. The van der Waals surface area contributed by atoms with Crippen molar-refractivity contribution >= 4 is 7.82 Å². The molecule has 0 aliphatic heterocycles. The summed E-state index contributed by atoms with van der Waals surface area (Å²) in [5.41, 5.74) is 5.83. The van der Waals surface area contributed by atoms with E-state index >= 15 is 0 Å². The van der Waals surface area contributed by atoms with Crippen molar-refractivity contribution in [1.82, 2.24) is 0 Å². The van der Waals surface area contributed by atoms with Crippen LogP contribution in [0.2, 0.25) is 0 Å². The molecular weight excluding hydrogens is 419 g/mol. The average Bonchev–Trinajstić information content (AvgIpc) is 2.65. The molecule has 0 amide bonds. The summed E-state index contributed by atoms with van der Waals surface area (Å²) in [5, 5.41) is 20.3. The van der Waals surface area contributed by atoms with Gasteiger partial charge in [0, 0.05) is 0 Å². The van der Waals surface area contributed by atoms with Gasteiger partial charge in [-0.1, -0.05) is 71.6 Å². The third-order valence-corrected chi connectivity index (χ3v) is 6.30. The van der Waals surface area contributed by atoms with Gasteiger partial charge in [0.05, 0.1) is 46.0 Å². The highest BCUT2D eigenvalue weighted by molar-refractivity contribution is 7.47. The lowest BCUT2D eigenvalue weighted by Gasteiger charge is -2.25. The van der Waals surface area contributed by atoms with Crippen LogP contribution in [0.3, 0.4) is 0 Å². The van der Waals surface area contributed by atoms with Crippen LogP contribution >= 0.6 is 7.82 Å². The predicted molar refractivity (Wildman–Crippen MR) is 126 cm³/mol. The van der Waals surface area contributed by atoms with Gasteiger partial charge in [-0.25, -0.2) is 4.57 Å². The number of likely N-dealkylation sites (N-methyl/N-ethyl adjacent to an activating group) is 1. The highest BCUT2D eigenvalue weighted by Gasteiger charge is 2.28. The molecule has 1 unspecified atom stereocenters. The van der Waals surface area contributed by atoms with Gasteiger partial charge in [-0.3, -0.25) is 9.05 Å². The van der Waals surface area contributed by atoms with Crippen LogP contribution < -0.4 is 5.73 Å². The van der Waals surface area contributed by atoms with Gasteiger partial charge in [-0.2, -0.15) is 0 Å². The van der Waals surface area contributed by atoms with E-state index in [0.717, 1.165) is 25.2 Å². The van der Waals surface area contributed by atoms with Crippen molar-refractivity contribution in [3.8, 4) is 0 Å². The molecule has 9 heteroatoms. The van der Waals surface area contributed by atoms with E-state index in [-0.39, 0.29) is 13.2 Å². The molecule has 0 aliphatic carbocycles. The lowest BCUT2D eigenvalue weighted by atomic mass is 9.99. The van der Waals surface area contributed by atoms with Crippen molar-refractivity contribution in [2.45, 2.75) is 96.3 Å². The van der Waals surface area contributed by atoms with Crippen LogP contribution in [0.1, 0.15) is 78.1 Å². The summed E-state index contributed by atoms with van der Waals surface area (Å²) in [5.74, 6) is 0.792. The summed E-state index contributed by atoms with van der Waals surface area (Å²) < 4.78 is 22.3. The maximum atomic E-state index is 11.9. The first kappa shape index (κ1) is 30.9. The summed E-state index contributed by atoms with van der Waals surface area (Å²) in [6.45, 7) is 4.76. The Hall–Kier alpha value is -0.0500. The van der Waals surface area contributed by atoms with Gasteiger partial charge in [0.25, 0.3) is 0 Å². The molecule has 0 fully saturated rings. The van der Waals surface area contributed by atoms with E-state index < -0.39 is 26.1 Å². The average molecular weight is 470 g/mol. The van der Waals surface area contributed by atoms with Crippen LogP contribution in [-0.2, 0) is 13.6 Å². The second-order valence-electron chi connectivity index (χ2n) is 10.1. The molecule has 0 rings (SSSR count). The van der Waals surface area contributed by atoms with Gasteiger partial charge in [0.2, 0.25) is 0 Å². The first-order chi connectivity index (χ1) is 14.3. The number of unbranched alkanes of at least 4 members (excludes halogenated alkanes) is 7. The Labute approximate surface area is 190 Å². The number of hydrogen-bond acceptors (Lipinski definition) is 6. The second kappa shape index (κ2) is 16.5. The van der Waals surface area contributed by atoms with Crippen molar-refractivity contribution in [2.75, 3.05) is 40.9 Å². The first-order valence-corrected chi connectivity index (χ1v) is 13.4. The number of aliphatic hydroxyl groups excluding tert-OH is 2. The van der Waals surface area contributed by atoms with E-state index in [9.17, 15) is 19.7 Å². The summed E-state index contributed by atoms with van der Waals surface area (Å²) >= 11 is 0. The number of nitrogens with zero attached hydrogens (tertiary/aromatic N) is 1. The molecule has 0 heterocycles. The molecule has 8 nitrogen and oxygen atoms in total. The molecule has 5 N–H and O–H groups in total. The lowest BCUT2D eigenvalue weighted by Crippen LogP contribution is -2.45. The smallest absolute Gasteiger partial charge is 0.390 e. The SMILES string of the molecule is CC(C)CCCCCCCCCC[C@@H](O)[C@@H](O)[C@@H](N)COP(=O)(O)OCC[N+](C)(C)C. The number of quaternary nitrogens is 1. The van der Waals surface area contributed by atoms with Crippen LogP contribution in [-0.4, -0.2) is 78.7 Å². The molecule has 0 saturated carbocycles. The fourth-order valence-electron chi connectivity index (χ4n) is 3.17. The van der Waals surface area contributed by atoms with Gasteiger partial charge >= 0.3 is 7.82 Å². The molecule has 0 spiro atoms. The van der Waals surface area contributed by atoms with Crippen molar-refractivity contribution in [2.24, 2.45) is 11.7 Å². The van der Waals surface area contributed by atoms with Crippen molar-refractivity contribution < 1.29 is 33.2 Å². The summed E-state index contributed by atoms with van der Waals surface area (Å²) in [4.78, 5) is 9.70. The number of nitrogens with two attached hydrogens (primary N) is 1. The van der Waals surface area contributed by atoms with Crippen molar-refractivity contribution in [3.05, 3.63) is 0 Å². The number of hydrogen-bond donors (Lipinski definition) is 4. The third-order valence-electron chi connectivity index (χ3n) is 5.31. The molecule has 4 atom stereocenters. The van der Waals surface area contributed by atoms with Crippen molar-refractivity contribution in [1.29, 1.82) is 0 Å². The number of rotatable bonds is 20. The normalized spacial score (nSPS) is 17.5. The molecular formula is C22H50N2O6P+.